The number of aliphatic hydroxyl groups is 1. The highest BCUT2D eigenvalue weighted by molar-refractivity contribution is 7.89. The van der Waals surface area contributed by atoms with Gasteiger partial charge < -0.3 is 5.11 Å². The van der Waals surface area contributed by atoms with E-state index < -0.39 is 10.0 Å². The zero-order valence-electron chi connectivity index (χ0n) is 10.8. The molecule has 0 unspecified atom stereocenters. The van der Waals surface area contributed by atoms with Gasteiger partial charge in [-0.1, -0.05) is 17.7 Å². The van der Waals surface area contributed by atoms with Crippen LogP contribution in [-0.2, 0) is 23.2 Å². The van der Waals surface area contributed by atoms with Crippen LogP contribution in [0.1, 0.15) is 16.0 Å². The molecule has 0 aliphatic heterocycles. The number of benzene rings is 1. The van der Waals surface area contributed by atoms with Crippen molar-refractivity contribution in [3.63, 3.8) is 0 Å². The Morgan fingerprint density at radius 3 is 2.65 bits per heavy atom. The fraction of sp³-hybridized carbons (Fsp3) is 0.231. The minimum Gasteiger partial charge on any atom is -0.392 e. The summed E-state index contributed by atoms with van der Waals surface area (Å²) in [7, 11) is -3.60. The molecule has 0 fully saturated rings. The summed E-state index contributed by atoms with van der Waals surface area (Å²) in [6, 6.07) is 8.20. The summed E-state index contributed by atoms with van der Waals surface area (Å²) in [5.74, 6) is 0. The number of hydrogen-bond donors (Lipinski definition) is 2. The van der Waals surface area contributed by atoms with Crippen LogP contribution < -0.4 is 4.72 Å². The molecule has 0 aliphatic carbocycles. The van der Waals surface area contributed by atoms with Crippen LogP contribution in [0.25, 0.3) is 0 Å². The Morgan fingerprint density at radius 1 is 1.30 bits per heavy atom. The number of hydrogen-bond acceptors (Lipinski definition) is 4. The van der Waals surface area contributed by atoms with Crippen molar-refractivity contribution >= 4 is 33.0 Å². The molecule has 0 saturated heterocycles. The van der Waals surface area contributed by atoms with E-state index in [0.29, 0.717) is 9.90 Å². The molecule has 2 rings (SSSR count). The van der Waals surface area contributed by atoms with Crippen LogP contribution in [0.3, 0.4) is 0 Å². The second-order valence-electron chi connectivity index (χ2n) is 4.28. The van der Waals surface area contributed by atoms with E-state index >= 15 is 0 Å². The molecular formula is C13H14ClNO3S2. The Hall–Kier alpha value is -0.920. The molecule has 20 heavy (non-hydrogen) atoms. The first-order chi connectivity index (χ1) is 9.42. The SMILES string of the molecule is Cc1ccc(S(=O)(=O)NCc2ccc(Cl)s2)cc1CO. The van der Waals surface area contributed by atoms with Gasteiger partial charge in [-0.25, -0.2) is 13.1 Å². The minimum absolute atomic E-state index is 0.148. The van der Waals surface area contributed by atoms with Crippen molar-refractivity contribution in [2.24, 2.45) is 0 Å². The quantitative estimate of drug-likeness (QED) is 0.885. The van der Waals surface area contributed by atoms with Crippen molar-refractivity contribution in [3.8, 4) is 0 Å². The summed E-state index contributed by atoms with van der Waals surface area (Å²) in [5.41, 5.74) is 1.46. The largest absolute Gasteiger partial charge is 0.392 e. The van der Waals surface area contributed by atoms with Crippen LogP contribution in [0, 0.1) is 6.92 Å². The lowest BCUT2D eigenvalue weighted by molar-refractivity contribution is 0.280. The number of sulfonamides is 1. The fourth-order valence-corrected chi connectivity index (χ4v) is 3.86. The Balaban J connectivity index is 2.17. The molecule has 1 aromatic carbocycles. The fourth-order valence-electron chi connectivity index (χ4n) is 1.68. The molecule has 0 atom stereocenters. The number of thiophene rings is 1. The van der Waals surface area contributed by atoms with E-state index in [0.717, 1.165) is 10.4 Å². The van der Waals surface area contributed by atoms with Gasteiger partial charge in [-0.15, -0.1) is 11.3 Å². The van der Waals surface area contributed by atoms with E-state index in [1.165, 1.54) is 23.5 Å². The lowest BCUT2D eigenvalue weighted by Gasteiger charge is -2.08. The van der Waals surface area contributed by atoms with Crippen molar-refractivity contribution < 1.29 is 13.5 Å². The molecule has 7 heteroatoms. The van der Waals surface area contributed by atoms with Gasteiger partial charge in [0.25, 0.3) is 0 Å². The highest BCUT2D eigenvalue weighted by Crippen LogP contribution is 2.22. The van der Waals surface area contributed by atoms with Crippen LogP contribution in [0.15, 0.2) is 35.2 Å². The zero-order valence-corrected chi connectivity index (χ0v) is 13.1. The summed E-state index contributed by atoms with van der Waals surface area (Å²) in [6.07, 6.45) is 0. The summed E-state index contributed by atoms with van der Waals surface area (Å²) in [4.78, 5) is 0.989. The average Bonchev–Trinajstić information content (AvgIpc) is 2.83. The monoisotopic (exact) mass is 331 g/mol. The van der Waals surface area contributed by atoms with Crippen LogP contribution in [0.4, 0.5) is 0 Å². The molecule has 0 amide bonds. The van der Waals surface area contributed by atoms with E-state index in [-0.39, 0.29) is 18.0 Å². The van der Waals surface area contributed by atoms with Crippen LogP contribution in [0.5, 0.6) is 0 Å². The zero-order chi connectivity index (χ0) is 14.8. The number of halogens is 1. The van der Waals surface area contributed by atoms with Gasteiger partial charge in [-0.05, 0) is 42.3 Å². The summed E-state index contributed by atoms with van der Waals surface area (Å²) < 4.78 is 27.5. The van der Waals surface area contributed by atoms with E-state index in [2.05, 4.69) is 4.72 Å². The summed E-state index contributed by atoms with van der Waals surface area (Å²) in [5, 5.41) is 9.19. The first-order valence-corrected chi connectivity index (χ1v) is 8.54. The molecule has 4 nitrogen and oxygen atoms in total. The summed E-state index contributed by atoms with van der Waals surface area (Å²) in [6.45, 7) is 1.83. The average molecular weight is 332 g/mol. The Bertz CT molecular complexity index is 710. The molecule has 2 aromatic rings. The van der Waals surface area contributed by atoms with Crippen LogP contribution >= 0.6 is 22.9 Å². The molecule has 0 saturated carbocycles. The van der Waals surface area contributed by atoms with Gasteiger partial charge in [0.15, 0.2) is 0 Å². The third-order valence-corrected chi connectivity index (χ3v) is 5.50. The van der Waals surface area contributed by atoms with Crippen LogP contribution in [0.2, 0.25) is 4.34 Å². The maximum atomic E-state index is 12.2. The van der Waals surface area contributed by atoms with E-state index in [9.17, 15) is 13.5 Å². The van der Waals surface area contributed by atoms with Crippen molar-refractivity contribution in [2.75, 3.05) is 0 Å². The lowest BCUT2D eigenvalue weighted by atomic mass is 10.1. The minimum atomic E-state index is -3.60. The summed E-state index contributed by atoms with van der Waals surface area (Å²) >= 11 is 7.13. The van der Waals surface area contributed by atoms with Gasteiger partial charge in [0.1, 0.15) is 0 Å². The number of aryl methyl sites for hydroxylation is 1. The Kier molecular flexibility index (Phi) is 4.82. The maximum Gasteiger partial charge on any atom is 0.240 e. The predicted octanol–water partition coefficient (Wildman–Crippen LogP) is 2.68. The molecule has 0 aliphatic rings. The molecule has 2 N–H and O–H groups in total. The normalized spacial score (nSPS) is 11.8. The standard InChI is InChI=1S/C13H14ClNO3S2/c1-9-2-4-12(6-10(9)8-16)20(17,18)15-7-11-3-5-13(14)19-11/h2-6,15-16H,7-8H2,1H3. The topological polar surface area (TPSA) is 66.4 Å². The predicted molar refractivity (Wildman–Crippen MR) is 80.5 cm³/mol. The molecule has 0 spiro atoms. The first-order valence-electron chi connectivity index (χ1n) is 5.86. The van der Waals surface area contributed by atoms with Gasteiger partial charge in [0.2, 0.25) is 10.0 Å². The van der Waals surface area contributed by atoms with Crippen molar-refractivity contribution in [2.45, 2.75) is 25.0 Å². The molecule has 1 heterocycles. The highest BCUT2D eigenvalue weighted by atomic mass is 35.5. The Morgan fingerprint density at radius 2 is 2.05 bits per heavy atom. The third kappa shape index (κ3) is 3.59. The molecule has 108 valence electrons. The molecule has 0 bridgehead atoms. The van der Waals surface area contributed by atoms with Gasteiger partial charge in [0, 0.05) is 11.4 Å². The van der Waals surface area contributed by atoms with Gasteiger partial charge in [0.05, 0.1) is 15.8 Å². The molecule has 0 radical (unpaired) electrons. The molecule has 1 aromatic heterocycles. The van der Waals surface area contributed by atoms with Crippen molar-refractivity contribution in [1.29, 1.82) is 0 Å². The highest BCUT2D eigenvalue weighted by Gasteiger charge is 2.15. The second kappa shape index (κ2) is 6.24. The smallest absolute Gasteiger partial charge is 0.240 e. The number of rotatable bonds is 5. The van der Waals surface area contributed by atoms with E-state index in [1.807, 2.05) is 6.92 Å². The van der Waals surface area contributed by atoms with Crippen molar-refractivity contribution in [3.05, 3.63) is 50.7 Å². The van der Waals surface area contributed by atoms with E-state index in [4.69, 9.17) is 11.6 Å². The Labute approximate surface area is 127 Å². The first kappa shape index (κ1) is 15.5. The number of nitrogens with one attached hydrogen (secondary N) is 1. The van der Waals surface area contributed by atoms with Crippen molar-refractivity contribution in [1.82, 2.24) is 4.72 Å². The maximum absolute atomic E-state index is 12.2. The van der Waals surface area contributed by atoms with E-state index in [1.54, 1.807) is 18.2 Å². The van der Waals surface area contributed by atoms with Crippen LogP contribution in [-0.4, -0.2) is 13.5 Å². The third-order valence-electron chi connectivity index (χ3n) is 2.87. The molecular weight excluding hydrogens is 318 g/mol. The lowest BCUT2D eigenvalue weighted by Crippen LogP contribution is -2.23. The van der Waals surface area contributed by atoms with Gasteiger partial charge >= 0.3 is 0 Å². The number of aliphatic hydroxyl groups excluding tert-OH is 1. The van der Waals surface area contributed by atoms with Gasteiger partial charge in [-0.3, -0.25) is 0 Å². The second-order valence-corrected chi connectivity index (χ2v) is 7.84. The van der Waals surface area contributed by atoms with Gasteiger partial charge in [-0.2, -0.15) is 0 Å².